The highest BCUT2D eigenvalue weighted by molar-refractivity contribution is 7.13. The Morgan fingerprint density at radius 1 is 1.24 bits per heavy atom. The molecule has 3 rings (SSSR count). The first-order chi connectivity index (χ1) is 10.1. The molecule has 2 saturated heterocycles. The van der Waals surface area contributed by atoms with E-state index in [2.05, 4.69) is 9.88 Å². The average Bonchev–Trinajstić information content (AvgIpc) is 3.18. The third-order valence-corrected chi connectivity index (χ3v) is 4.68. The van der Waals surface area contributed by atoms with Crippen LogP contribution in [0.5, 0.6) is 0 Å². The second kappa shape index (κ2) is 5.98. The second-order valence-corrected chi connectivity index (χ2v) is 6.03. The third kappa shape index (κ3) is 3.01. The van der Waals surface area contributed by atoms with E-state index in [0.717, 1.165) is 18.2 Å². The van der Waals surface area contributed by atoms with Gasteiger partial charge in [0, 0.05) is 37.8 Å². The summed E-state index contributed by atoms with van der Waals surface area (Å²) in [6.07, 6.45) is 1.23. The van der Waals surface area contributed by atoms with E-state index in [4.69, 9.17) is 9.84 Å². The van der Waals surface area contributed by atoms with Crippen LogP contribution in [0.15, 0.2) is 11.6 Å². The molecule has 0 aromatic carbocycles. The standard InChI is InChI=1S/C13H17N3O4S/c17-11(9-1-2-10(20-9)12(18)19)15-4-6-16(7-5-15)13-14-3-8-21-13/h3,8-10H,1-2,4-7H2,(H,18,19)/t9-,10+/m0/s1. The normalized spacial score (nSPS) is 26.1. The van der Waals surface area contributed by atoms with Crippen LogP contribution in [0.4, 0.5) is 5.13 Å². The van der Waals surface area contributed by atoms with E-state index < -0.39 is 18.2 Å². The minimum Gasteiger partial charge on any atom is -0.479 e. The lowest BCUT2D eigenvalue weighted by atomic mass is 10.1. The molecule has 0 bridgehead atoms. The van der Waals surface area contributed by atoms with Crippen LogP contribution < -0.4 is 4.90 Å². The molecule has 114 valence electrons. The molecule has 0 aliphatic carbocycles. The van der Waals surface area contributed by atoms with Gasteiger partial charge < -0.3 is 19.6 Å². The van der Waals surface area contributed by atoms with Crippen molar-refractivity contribution in [3.05, 3.63) is 11.6 Å². The van der Waals surface area contributed by atoms with E-state index in [1.165, 1.54) is 0 Å². The van der Waals surface area contributed by atoms with Crippen LogP contribution in [0.25, 0.3) is 0 Å². The van der Waals surface area contributed by atoms with Crippen molar-refractivity contribution in [3.8, 4) is 0 Å². The number of nitrogens with zero attached hydrogens (tertiary/aromatic N) is 3. The number of ether oxygens (including phenoxy) is 1. The minimum atomic E-state index is -0.987. The van der Waals surface area contributed by atoms with Crippen molar-refractivity contribution < 1.29 is 19.4 Å². The first kappa shape index (κ1) is 14.3. The first-order valence-electron chi connectivity index (χ1n) is 6.96. The molecule has 2 fully saturated rings. The zero-order valence-electron chi connectivity index (χ0n) is 11.5. The van der Waals surface area contributed by atoms with Gasteiger partial charge in [0.25, 0.3) is 5.91 Å². The summed E-state index contributed by atoms with van der Waals surface area (Å²) >= 11 is 1.59. The Bertz CT molecular complexity index is 513. The number of carboxylic acid groups (broad SMARTS) is 1. The molecule has 0 unspecified atom stereocenters. The Hall–Kier alpha value is -1.67. The van der Waals surface area contributed by atoms with E-state index >= 15 is 0 Å². The Morgan fingerprint density at radius 2 is 1.95 bits per heavy atom. The van der Waals surface area contributed by atoms with Crippen molar-refractivity contribution in [1.29, 1.82) is 0 Å². The number of carboxylic acids is 1. The van der Waals surface area contributed by atoms with Crippen LogP contribution in [0.3, 0.4) is 0 Å². The molecule has 21 heavy (non-hydrogen) atoms. The first-order valence-corrected chi connectivity index (χ1v) is 7.84. The number of aliphatic carboxylic acids is 1. The molecule has 1 N–H and O–H groups in total. The highest BCUT2D eigenvalue weighted by Crippen LogP contribution is 2.23. The van der Waals surface area contributed by atoms with Crippen molar-refractivity contribution in [3.63, 3.8) is 0 Å². The van der Waals surface area contributed by atoms with E-state index in [9.17, 15) is 9.59 Å². The van der Waals surface area contributed by atoms with Gasteiger partial charge in [-0.05, 0) is 12.8 Å². The summed E-state index contributed by atoms with van der Waals surface area (Å²) in [5.41, 5.74) is 0. The Morgan fingerprint density at radius 3 is 2.52 bits per heavy atom. The number of hydrogen-bond donors (Lipinski definition) is 1. The largest absolute Gasteiger partial charge is 0.479 e. The maximum absolute atomic E-state index is 12.3. The van der Waals surface area contributed by atoms with Crippen LogP contribution in [-0.4, -0.2) is 65.3 Å². The molecule has 8 heteroatoms. The number of aromatic nitrogens is 1. The average molecular weight is 311 g/mol. The number of amides is 1. The zero-order valence-corrected chi connectivity index (χ0v) is 12.3. The molecule has 2 atom stereocenters. The van der Waals surface area contributed by atoms with Crippen LogP contribution in [-0.2, 0) is 14.3 Å². The van der Waals surface area contributed by atoms with Gasteiger partial charge >= 0.3 is 5.97 Å². The van der Waals surface area contributed by atoms with Gasteiger partial charge in [0.15, 0.2) is 11.2 Å². The van der Waals surface area contributed by atoms with Crippen molar-refractivity contribution in [2.45, 2.75) is 25.0 Å². The summed E-state index contributed by atoms with van der Waals surface area (Å²) < 4.78 is 5.32. The Labute approximate surface area is 126 Å². The maximum atomic E-state index is 12.3. The third-order valence-electron chi connectivity index (χ3n) is 3.85. The summed E-state index contributed by atoms with van der Waals surface area (Å²) in [5.74, 6) is -1.07. The van der Waals surface area contributed by atoms with Gasteiger partial charge in [-0.2, -0.15) is 0 Å². The van der Waals surface area contributed by atoms with E-state index in [0.29, 0.717) is 25.9 Å². The van der Waals surface area contributed by atoms with Gasteiger partial charge in [-0.25, -0.2) is 9.78 Å². The molecule has 0 spiro atoms. The highest BCUT2D eigenvalue weighted by Gasteiger charge is 2.37. The Balaban J connectivity index is 1.52. The van der Waals surface area contributed by atoms with E-state index in [-0.39, 0.29) is 5.91 Å². The van der Waals surface area contributed by atoms with Crippen LogP contribution in [0, 0.1) is 0 Å². The number of carbonyl (C=O) groups excluding carboxylic acids is 1. The molecule has 3 heterocycles. The molecule has 1 aromatic heterocycles. The van der Waals surface area contributed by atoms with Gasteiger partial charge in [-0.15, -0.1) is 11.3 Å². The lowest BCUT2D eigenvalue weighted by Gasteiger charge is -2.35. The summed E-state index contributed by atoms with van der Waals surface area (Å²) in [5, 5.41) is 11.8. The fourth-order valence-corrected chi connectivity index (χ4v) is 3.39. The number of thiazole rings is 1. The minimum absolute atomic E-state index is 0.0856. The number of anilines is 1. The molecule has 2 aliphatic rings. The predicted octanol–water partition coefficient (Wildman–Crippen LogP) is 0.424. The summed E-state index contributed by atoms with van der Waals surface area (Å²) in [6.45, 7) is 2.73. The van der Waals surface area contributed by atoms with Gasteiger partial charge in [0.1, 0.15) is 6.10 Å². The van der Waals surface area contributed by atoms with Gasteiger partial charge in [0.05, 0.1) is 0 Å². The fourth-order valence-electron chi connectivity index (χ4n) is 2.69. The molecule has 7 nitrogen and oxygen atoms in total. The smallest absolute Gasteiger partial charge is 0.332 e. The van der Waals surface area contributed by atoms with Crippen molar-refractivity contribution in [1.82, 2.24) is 9.88 Å². The van der Waals surface area contributed by atoms with Gasteiger partial charge in [-0.3, -0.25) is 4.79 Å². The molecule has 0 radical (unpaired) electrons. The monoisotopic (exact) mass is 311 g/mol. The number of piperazine rings is 1. The van der Waals surface area contributed by atoms with Crippen LogP contribution >= 0.6 is 11.3 Å². The van der Waals surface area contributed by atoms with Crippen molar-refractivity contribution in [2.75, 3.05) is 31.1 Å². The molecule has 2 aliphatic heterocycles. The molecular formula is C13H17N3O4S. The summed E-state index contributed by atoms with van der Waals surface area (Å²) in [6, 6.07) is 0. The van der Waals surface area contributed by atoms with Gasteiger partial charge in [-0.1, -0.05) is 0 Å². The lowest BCUT2D eigenvalue weighted by Crippen LogP contribution is -2.51. The second-order valence-electron chi connectivity index (χ2n) is 5.16. The molecular weight excluding hydrogens is 294 g/mol. The number of hydrogen-bond acceptors (Lipinski definition) is 6. The van der Waals surface area contributed by atoms with Crippen molar-refractivity contribution in [2.24, 2.45) is 0 Å². The van der Waals surface area contributed by atoms with Gasteiger partial charge in [0.2, 0.25) is 0 Å². The molecule has 0 saturated carbocycles. The summed E-state index contributed by atoms with van der Waals surface area (Å²) in [4.78, 5) is 31.4. The lowest BCUT2D eigenvalue weighted by molar-refractivity contribution is -0.154. The Kier molecular flexibility index (Phi) is 4.07. The van der Waals surface area contributed by atoms with Crippen LogP contribution in [0.2, 0.25) is 0 Å². The topological polar surface area (TPSA) is 83.0 Å². The SMILES string of the molecule is O=C(O)[C@H]1CC[C@@H](C(=O)N2CCN(c3nccs3)CC2)O1. The quantitative estimate of drug-likeness (QED) is 0.871. The molecule has 1 aromatic rings. The maximum Gasteiger partial charge on any atom is 0.332 e. The number of carbonyl (C=O) groups is 2. The van der Waals surface area contributed by atoms with Crippen molar-refractivity contribution >= 4 is 28.3 Å². The van der Waals surface area contributed by atoms with E-state index in [1.54, 1.807) is 22.4 Å². The highest BCUT2D eigenvalue weighted by atomic mass is 32.1. The number of rotatable bonds is 3. The summed E-state index contributed by atoms with van der Waals surface area (Å²) in [7, 11) is 0. The zero-order chi connectivity index (χ0) is 14.8. The van der Waals surface area contributed by atoms with Crippen LogP contribution in [0.1, 0.15) is 12.8 Å². The van der Waals surface area contributed by atoms with E-state index in [1.807, 2.05) is 5.38 Å². The molecule has 1 amide bonds. The predicted molar refractivity (Wildman–Crippen MR) is 76.4 cm³/mol. The fraction of sp³-hybridized carbons (Fsp3) is 0.615.